The van der Waals surface area contributed by atoms with Crippen LogP contribution in [0.4, 0.5) is 14.6 Å². The molecule has 1 aliphatic rings. The molecule has 7 nitrogen and oxygen atoms in total. The third-order valence-electron chi connectivity index (χ3n) is 7.08. The highest BCUT2D eigenvalue weighted by Crippen LogP contribution is 2.36. The van der Waals surface area contributed by atoms with Crippen LogP contribution in [0.25, 0.3) is 11.3 Å². The molecule has 1 fully saturated rings. The van der Waals surface area contributed by atoms with E-state index in [2.05, 4.69) is 27.6 Å². The van der Waals surface area contributed by atoms with Gasteiger partial charge in [-0.25, -0.2) is 4.98 Å². The van der Waals surface area contributed by atoms with Crippen LogP contribution in [-0.4, -0.2) is 39.4 Å². The number of nitrogens with zero attached hydrogens (tertiary/aromatic N) is 3. The number of pyridine rings is 1. The Hall–Kier alpha value is -2.71. The van der Waals surface area contributed by atoms with Crippen molar-refractivity contribution in [3.63, 3.8) is 0 Å². The van der Waals surface area contributed by atoms with Crippen molar-refractivity contribution in [1.82, 2.24) is 20.1 Å². The number of alkyl halides is 2. The average Bonchev–Trinajstić information content (AvgIpc) is 3.14. The number of carbonyl (C=O) groups excluding carboxylic acids is 1. The van der Waals surface area contributed by atoms with Gasteiger partial charge in [0.25, 0.3) is 5.91 Å². The van der Waals surface area contributed by atoms with Crippen LogP contribution in [0.1, 0.15) is 82.8 Å². The molecule has 0 aromatic carbocycles. The van der Waals surface area contributed by atoms with E-state index in [0.717, 1.165) is 25.2 Å². The summed E-state index contributed by atoms with van der Waals surface area (Å²) in [6.07, 6.45) is 6.94. The first-order chi connectivity index (χ1) is 16.5. The monoisotopic (exact) mass is 491 g/mol. The minimum atomic E-state index is -3.00. The van der Waals surface area contributed by atoms with Crippen LogP contribution in [0.3, 0.4) is 0 Å². The Kier molecular flexibility index (Phi) is 8.72. The second-order valence-corrected chi connectivity index (χ2v) is 10.3. The Morgan fingerprint density at radius 2 is 1.94 bits per heavy atom. The molecule has 0 unspecified atom stereocenters. The van der Waals surface area contributed by atoms with E-state index in [1.807, 2.05) is 27.7 Å². The summed E-state index contributed by atoms with van der Waals surface area (Å²) in [6, 6.07) is 1.48. The second kappa shape index (κ2) is 11.4. The smallest absolute Gasteiger partial charge is 0.387 e. The molecule has 2 aromatic rings. The van der Waals surface area contributed by atoms with Crippen molar-refractivity contribution in [2.45, 2.75) is 92.3 Å². The van der Waals surface area contributed by atoms with E-state index in [-0.39, 0.29) is 17.2 Å². The van der Waals surface area contributed by atoms with Gasteiger partial charge < -0.3 is 15.4 Å². The predicted molar refractivity (Wildman–Crippen MR) is 134 cm³/mol. The molecular formula is C26H39F2N5O2. The zero-order chi connectivity index (χ0) is 25.8. The number of nitrogens with one attached hydrogen (secondary N) is 2. The Morgan fingerprint density at radius 1 is 1.26 bits per heavy atom. The third kappa shape index (κ3) is 6.70. The number of anilines is 1. The quantitative estimate of drug-likeness (QED) is 0.424. The molecular weight excluding hydrogens is 452 g/mol. The summed E-state index contributed by atoms with van der Waals surface area (Å²) in [7, 11) is 0. The molecule has 1 saturated carbocycles. The fourth-order valence-corrected chi connectivity index (χ4v) is 4.50. The number of aromatic nitrogens is 3. The number of carbonyl (C=O) groups is 1. The zero-order valence-electron chi connectivity index (χ0n) is 21.8. The zero-order valence-corrected chi connectivity index (χ0v) is 21.8. The van der Waals surface area contributed by atoms with Gasteiger partial charge in [-0.15, -0.1) is 0 Å². The van der Waals surface area contributed by atoms with Crippen LogP contribution in [0.2, 0.25) is 0 Å². The molecule has 1 amide bonds. The summed E-state index contributed by atoms with van der Waals surface area (Å²) in [5, 5.41) is 10.8. The first kappa shape index (κ1) is 26.9. The number of amides is 1. The molecule has 0 aliphatic heterocycles. The fourth-order valence-electron chi connectivity index (χ4n) is 4.50. The van der Waals surface area contributed by atoms with Crippen LogP contribution < -0.4 is 15.4 Å². The first-order valence-electron chi connectivity index (χ1n) is 12.6. The summed E-state index contributed by atoms with van der Waals surface area (Å²) < 4.78 is 33.2. The van der Waals surface area contributed by atoms with Gasteiger partial charge in [0.2, 0.25) is 0 Å². The standard InChI is InChI=1S/C26H39F2N5O2/c1-7-26(5,6)31-21-13-20(35-25(27)28)19(15-29-21)23-17(4)22(32-33(23)8-2)24(34)30-14-18-11-9-16(3)10-12-18/h13,15-16,18,25H,7-12,14H2,1-6H3,(H,29,31)(H,30,34). The summed E-state index contributed by atoms with van der Waals surface area (Å²) >= 11 is 0. The molecule has 0 spiro atoms. The van der Waals surface area contributed by atoms with Crippen molar-refractivity contribution >= 4 is 11.7 Å². The maximum Gasteiger partial charge on any atom is 0.387 e. The number of halogens is 2. The molecule has 0 radical (unpaired) electrons. The van der Waals surface area contributed by atoms with Crippen molar-refractivity contribution in [1.29, 1.82) is 0 Å². The molecule has 0 bridgehead atoms. The Morgan fingerprint density at radius 3 is 2.54 bits per heavy atom. The normalized spacial score (nSPS) is 18.5. The van der Waals surface area contributed by atoms with Gasteiger partial charge in [0, 0.05) is 36.5 Å². The molecule has 0 saturated heterocycles. The van der Waals surface area contributed by atoms with Gasteiger partial charge in [-0.05, 0) is 58.8 Å². The van der Waals surface area contributed by atoms with Crippen molar-refractivity contribution in [2.75, 3.05) is 11.9 Å². The molecule has 2 N–H and O–H groups in total. The number of hydrogen-bond donors (Lipinski definition) is 2. The molecule has 35 heavy (non-hydrogen) atoms. The topological polar surface area (TPSA) is 81.1 Å². The maximum absolute atomic E-state index is 13.3. The summed E-state index contributed by atoms with van der Waals surface area (Å²) in [6.45, 7) is 10.1. The van der Waals surface area contributed by atoms with Crippen LogP contribution >= 0.6 is 0 Å². The molecule has 2 aromatic heterocycles. The van der Waals surface area contributed by atoms with Crippen molar-refractivity contribution in [2.24, 2.45) is 11.8 Å². The third-order valence-corrected chi connectivity index (χ3v) is 7.08. The lowest BCUT2D eigenvalue weighted by Crippen LogP contribution is -2.31. The lowest BCUT2D eigenvalue weighted by molar-refractivity contribution is -0.0494. The highest BCUT2D eigenvalue weighted by atomic mass is 19.3. The highest BCUT2D eigenvalue weighted by Gasteiger charge is 2.26. The van der Waals surface area contributed by atoms with Gasteiger partial charge in [-0.3, -0.25) is 9.48 Å². The van der Waals surface area contributed by atoms with Gasteiger partial charge in [0.1, 0.15) is 11.6 Å². The van der Waals surface area contributed by atoms with E-state index in [1.165, 1.54) is 25.1 Å². The number of ether oxygens (including phenoxy) is 1. The van der Waals surface area contributed by atoms with Gasteiger partial charge in [-0.2, -0.15) is 13.9 Å². The molecule has 9 heteroatoms. The van der Waals surface area contributed by atoms with Gasteiger partial charge in [0.05, 0.1) is 11.3 Å². The average molecular weight is 492 g/mol. The van der Waals surface area contributed by atoms with Crippen molar-refractivity contribution in [3.8, 4) is 17.0 Å². The number of hydrogen-bond acceptors (Lipinski definition) is 5. The Balaban J connectivity index is 1.90. The molecule has 3 rings (SSSR count). The van der Waals surface area contributed by atoms with E-state index in [4.69, 9.17) is 4.74 Å². The lowest BCUT2D eigenvalue weighted by Gasteiger charge is -2.26. The largest absolute Gasteiger partial charge is 0.434 e. The SMILES string of the molecule is CCn1nc(C(=O)NCC2CCC(C)CC2)c(C)c1-c1cnc(NC(C)(C)CC)cc1OC(F)F. The molecule has 194 valence electrons. The van der Waals surface area contributed by atoms with Gasteiger partial charge >= 0.3 is 6.61 Å². The molecule has 0 atom stereocenters. The van der Waals surface area contributed by atoms with E-state index >= 15 is 0 Å². The summed E-state index contributed by atoms with van der Waals surface area (Å²) in [5.74, 6) is 1.41. The van der Waals surface area contributed by atoms with Crippen molar-refractivity contribution in [3.05, 3.63) is 23.5 Å². The van der Waals surface area contributed by atoms with Crippen molar-refractivity contribution < 1.29 is 18.3 Å². The predicted octanol–water partition coefficient (Wildman–Crippen LogP) is 6.03. The minimum absolute atomic E-state index is 0.00890. The van der Waals surface area contributed by atoms with Crippen LogP contribution in [-0.2, 0) is 6.54 Å². The van der Waals surface area contributed by atoms with Gasteiger partial charge in [0.15, 0.2) is 5.69 Å². The van der Waals surface area contributed by atoms with E-state index in [9.17, 15) is 13.6 Å². The second-order valence-electron chi connectivity index (χ2n) is 10.3. The summed E-state index contributed by atoms with van der Waals surface area (Å²) in [5.41, 5.74) is 1.56. The van der Waals surface area contributed by atoms with E-state index in [0.29, 0.717) is 47.3 Å². The van der Waals surface area contributed by atoms with Crippen LogP contribution in [0.15, 0.2) is 12.3 Å². The first-order valence-corrected chi connectivity index (χ1v) is 12.6. The molecule has 1 aliphatic carbocycles. The summed E-state index contributed by atoms with van der Waals surface area (Å²) in [4.78, 5) is 17.5. The van der Waals surface area contributed by atoms with Crippen LogP contribution in [0, 0.1) is 18.8 Å². The fraction of sp³-hybridized carbons (Fsp3) is 0.654. The van der Waals surface area contributed by atoms with Gasteiger partial charge in [-0.1, -0.05) is 26.7 Å². The maximum atomic E-state index is 13.3. The Bertz CT molecular complexity index is 1010. The lowest BCUT2D eigenvalue weighted by atomic mass is 9.83. The number of aryl methyl sites for hydroxylation is 1. The van der Waals surface area contributed by atoms with Crippen LogP contribution in [0.5, 0.6) is 5.75 Å². The highest BCUT2D eigenvalue weighted by molar-refractivity contribution is 5.95. The van der Waals surface area contributed by atoms with E-state index < -0.39 is 6.61 Å². The Labute approximate surface area is 207 Å². The molecule has 2 heterocycles. The number of rotatable bonds is 10. The van der Waals surface area contributed by atoms with E-state index in [1.54, 1.807) is 11.6 Å². The minimum Gasteiger partial charge on any atom is -0.434 e.